The van der Waals surface area contributed by atoms with Crippen LogP contribution in [0.4, 0.5) is 11.8 Å². The second-order valence-electron chi connectivity index (χ2n) is 3.10. The van der Waals surface area contributed by atoms with Gasteiger partial charge >= 0.3 is 0 Å². The summed E-state index contributed by atoms with van der Waals surface area (Å²) in [6, 6.07) is 4.76. The molecule has 0 radical (unpaired) electrons. The highest BCUT2D eigenvalue weighted by molar-refractivity contribution is 6.03. The van der Waals surface area contributed by atoms with Crippen LogP contribution in [0.3, 0.4) is 0 Å². The minimum atomic E-state index is -0.324. The number of nitrogens with two attached hydrogens (primary N) is 1. The van der Waals surface area contributed by atoms with Gasteiger partial charge in [-0.25, -0.2) is 20.8 Å². The molecule has 4 N–H and O–H groups in total. The van der Waals surface area contributed by atoms with Crippen molar-refractivity contribution in [3.05, 3.63) is 42.4 Å². The number of nitrogens with one attached hydrogen (secondary N) is 2. The van der Waals surface area contributed by atoms with E-state index in [-0.39, 0.29) is 11.9 Å². The van der Waals surface area contributed by atoms with Crippen LogP contribution in [0, 0.1) is 0 Å². The fraction of sp³-hybridized carbons (Fsp3) is 0. The Balaban J connectivity index is 2.14. The summed E-state index contributed by atoms with van der Waals surface area (Å²) in [7, 11) is 0. The van der Waals surface area contributed by atoms with Crippen LogP contribution in [-0.4, -0.2) is 20.9 Å². The number of carbonyl (C=O) groups is 1. The molecule has 0 fully saturated rings. The lowest BCUT2D eigenvalue weighted by molar-refractivity contribution is 0.102. The van der Waals surface area contributed by atoms with E-state index in [4.69, 9.17) is 5.84 Å². The first-order chi connectivity index (χ1) is 8.29. The zero-order chi connectivity index (χ0) is 12.1. The van der Waals surface area contributed by atoms with E-state index >= 15 is 0 Å². The van der Waals surface area contributed by atoms with Gasteiger partial charge in [-0.15, -0.1) is 0 Å². The highest BCUT2D eigenvalue weighted by atomic mass is 16.1. The molecule has 0 saturated carbocycles. The molecule has 2 aromatic rings. The number of nitrogens with zero attached hydrogens (tertiary/aromatic N) is 3. The summed E-state index contributed by atoms with van der Waals surface area (Å²) in [5, 5.41) is 2.55. The Bertz CT molecular complexity index is 515. The molecule has 0 aromatic carbocycles. The molecule has 2 rings (SSSR count). The van der Waals surface area contributed by atoms with E-state index in [9.17, 15) is 4.79 Å². The number of hydrogen-bond acceptors (Lipinski definition) is 6. The van der Waals surface area contributed by atoms with E-state index in [1.807, 2.05) is 0 Å². The van der Waals surface area contributed by atoms with Crippen molar-refractivity contribution in [1.29, 1.82) is 0 Å². The molecule has 7 nitrogen and oxygen atoms in total. The van der Waals surface area contributed by atoms with E-state index in [2.05, 4.69) is 25.7 Å². The Morgan fingerprint density at radius 2 is 1.94 bits per heavy atom. The molecular formula is C10H10N6O. The number of pyridine rings is 1. The SMILES string of the molecule is NNc1cc(C(=O)Nc2ncccn2)ccn1. The number of aromatic nitrogens is 3. The molecule has 0 bridgehead atoms. The number of hydrogen-bond donors (Lipinski definition) is 3. The Morgan fingerprint density at radius 3 is 2.65 bits per heavy atom. The summed E-state index contributed by atoms with van der Waals surface area (Å²) in [5.74, 6) is 5.53. The standard InChI is InChI=1S/C10H10N6O/c11-16-8-6-7(2-5-12-8)9(17)15-10-13-3-1-4-14-10/h1-6H,11H2,(H,12,16)(H,13,14,15,17). The maximum Gasteiger partial charge on any atom is 0.258 e. The van der Waals surface area contributed by atoms with E-state index in [0.29, 0.717) is 11.4 Å². The molecule has 0 aliphatic rings. The largest absolute Gasteiger partial charge is 0.308 e. The third-order valence-corrected chi connectivity index (χ3v) is 1.96. The summed E-state index contributed by atoms with van der Waals surface area (Å²) in [4.78, 5) is 23.5. The molecule has 2 aromatic heterocycles. The molecule has 86 valence electrons. The first kappa shape index (κ1) is 11.0. The highest BCUT2D eigenvalue weighted by Crippen LogP contribution is 2.07. The van der Waals surface area contributed by atoms with Gasteiger partial charge in [0.05, 0.1) is 0 Å². The lowest BCUT2D eigenvalue weighted by Gasteiger charge is -2.04. The molecule has 0 spiro atoms. The normalized spacial score (nSPS) is 9.71. The van der Waals surface area contributed by atoms with E-state index in [1.165, 1.54) is 12.3 Å². The van der Waals surface area contributed by atoms with Crippen LogP contribution in [0.15, 0.2) is 36.8 Å². The number of rotatable bonds is 3. The van der Waals surface area contributed by atoms with Gasteiger partial charge in [0, 0.05) is 24.2 Å². The monoisotopic (exact) mass is 230 g/mol. The van der Waals surface area contributed by atoms with Gasteiger partial charge in [0.2, 0.25) is 5.95 Å². The van der Waals surface area contributed by atoms with Gasteiger partial charge in [0.1, 0.15) is 5.82 Å². The predicted octanol–water partition coefficient (Wildman–Crippen LogP) is 0.409. The van der Waals surface area contributed by atoms with Crippen LogP contribution in [0.1, 0.15) is 10.4 Å². The Labute approximate surface area is 97.1 Å². The van der Waals surface area contributed by atoms with Gasteiger partial charge in [0.15, 0.2) is 0 Å². The first-order valence-electron chi connectivity index (χ1n) is 4.80. The first-order valence-corrected chi connectivity index (χ1v) is 4.80. The quantitative estimate of drug-likeness (QED) is 0.521. The van der Waals surface area contributed by atoms with Crippen molar-refractivity contribution in [2.45, 2.75) is 0 Å². The van der Waals surface area contributed by atoms with Crippen molar-refractivity contribution in [3.8, 4) is 0 Å². The second kappa shape index (κ2) is 4.99. The maximum absolute atomic E-state index is 11.8. The average Bonchev–Trinajstić information content (AvgIpc) is 2.40. The lowest BCUT2D eigenvalue weighted by Crippen LogP contribution is -2.15. The predicted molar refractivity (Wildman–Crippen MR) is 62.0 cm³/mol. The number of carbonyl (C=O) groups excluding carboxylic acids is 1. The molecule has 1 amide bonds. The van der Waals surface area contributed by atoms with Crippen molar-refractivity contribution in [3.63, 3.8) is 0 Å². The maximum atomic E-state index is 11.8. The topological polar surface area (TPSA) is 106 Å². The summed E-state index contributed by atoms with van der Waals surface area (Å²) in [5.41, 5.74) is 2.78. The Morgan fingerprint density at radius 1 is 1.18 bits per heavy atom. The third-order valence-electron chi connectivity index (χ3n) is 1.96. The molecule has 0 aliphatic heterocycles. The molecule has 17 heavy (non-hydrogen) atoms. The van der Waals surface area contributed by atoms with E-state index in [0.717, 1.165) is 0 Å². The minimum absolute atomic E-state index is 0.247. The van der Waals surface area contributed by atoms with Crippen LogP contribution < -0.4 is 16.6 Å². The molecular weight excluding hydrogens is 220 g/mol. The fourth-order valence-electron chi connectivity index (χ4n) is 1.19. The van der Waals surface area contributed by atoms with Crippen molar-refractivity contribution in [2.24, 2.45) is 5.84 Å². The molecule has 0 saturated heterocycles. The fourth-order valence-corrected chi connectivity index (χ4v) is 1.19. The minimum Gasteiger partial charge on any atom is -0.308 e. The van der Waals surface area contributed by atoms with Crippen LogP contribution in [0.2, 0.25) is 0 Å². The van der Waals surface area contributed by atoms with Gasteiger partial charge in [0.25, 0.3) is 5.91 Å². The zero-order valence-corrected chi connectivity index (χ0v) is 8.79. The smallest absolute Gasteiger partial charge is 0.258 e. The summed E-state index contributed by atoms with van der Waals surface area (Å²) < 4.78 is 0. The Hall–Kier alpha value is -2.54. The summed E-state index contributed by atoms with van der Waals surface area (Å²) >= 11 is 0. The van der Waals surface area contributed by atoms with Crippen molar-refractivity contribution in [2.75, 3.05) is 10.7 Å². The van der Waals surface area contributed by atoms with Crippen LogP contribution in [0.25, 0.3) is 0 Å². The number of hydrazine groups is 1. The van der Waals surface area contributed by atoms with Crippen molar-refractivity contribution in [1.82, 2.24) is 15.0 Å². The lowest BCUT2D eigenvalue weighted by atomic mass is 10.2. The second-order valence-corrected chi connectivity index (χ2v) is 3.10. The Kier molecular flexibility index (Phi) is 3.22. The van der Waals surface area contributed by atoms with Gasteiger partial charge in [-0.3, -0.25) is 10.1 Å². The number of nitrogen functional groups attached to an aromatic ring is 1. The van der Waals surface area contributed by atoms with Gasteiger partial charge in [-0.1, -0.05) is 0 Å². The van der Waals surface area contributed by atoms with Gasteiger partial charge < -0.3 is 5.43 Å². The third kappa shape index (κ3) is 2.73. The summed E-state index contributed by atoms with van der Waals surface area (Å²) in [6.45, 7) is 0. The van der Waals surface area contributed by atoms with Crippen LogP contribution in [-0.2, 0) is 0 Å². The average molecular weight is 230 g/mol. The number of anilines is 2. The molecule has 7 heteroatoms. The van der Waals surface area contributed by atoms with E-state index in [1.54, 1.807) is 24.5 Å². The zero-order valence-electron chi connectivity index (χ0n) is 8.79. The van der Waals surface area contributed by atoms with Gasteiger partial charge in [-0.05, 0) is 18.2 Å². The molecule has 0 unspecified atom stereocenters. The van der Waals surface area contributed by atoms with Crippen LogP contribution in [0.5, 0.6) is 0 Å². The molecule has 0 aliphatic carbocycles. The van der Waals surface area contributed by atoms with E-state index < -0.39 is 0 Å². The van der Waals surface area contributed by atoms with Crippen LogP contribution >= 0.6 is 0 Å². The highest BCUT2D eigenvalue weighted by Gasteiger charge is 2.07. The number of amides is 1. The van der Waals surface area contributed by atoms with Crippen molar-refractivity contribution >= 4 is 17.7 Å². The molecule has 0 atom stereocenters. The van der Waals surface area contributed by atoms with Gasteiger partial charge in [-0.2, -0.15) is 0 Å². The summed E-state index contributed by atoms with van der Waals surface area (Å²) in [6.07, 6.45) is 4.57. The molecule has 2 heterocycles. The van der Waals surface area contributed by atoms with Crippen molar-refractivity contribution < 1.29 is 4.79 Å².